The number of piperazine rings is 1. The first kappa shape index (κ1) is 22.2. The first-order valence-electron chi connectivity index (χ1n) is 10.9. The van der Waals surface area contributed by atoms with Gasteiger partial charge in [-0.1, -0.05) is 0 Å². The zero-order valence-corrected chi connectivity index (χ0v) is 18.8. The van der Waals surface area contributed by atoms with E-state index in [0.717, 1.165) is 36.1 Å². The lowest BCUT2D eigenvalue weighted by atomic mass is 10.1. The molecule has 0 saturated carbocycles. The molecule has 3 rings (SSSR count). The zero-order chi connectivity index (χ0) is 21.3. The number of ether oxygens (including phenoxy) is 4. The van der Waals surface area contributed by atoms with Crippen LogP contribution in [0.3, 0.4) is 0 Å². The van der Waals surface area contributed by atoms with Gasteiger partial charge in [-0.05, 0) is 50.2 Å². The van der Waals surface area contributed by atoms with Gasteiger partial charge in [-0.15, -0.1) is 0 Å². The minimum atomic E-state index is 0.644. The van der Waals surface area contributed by atoms with Gasteiger partial charge in [-0.2, -0.15) is 0 Å². The average molecular weight is 417 g/mol. The second-order valence-electron chi connectivity index (χ2n) is 7.69. The normalized spacial score (nSPS) is 18.7. The molecule has 1 saturated heterocycles. The fraction of sp³-hybridized carbons (Fsp3) is 0.500. The summed E-state index contributed by atoms with van der Waals surface area (Å²) >= 11 is 0. The minimum Gasteiger partial charge on any atom is -0.493 e. The molecule has 164 valence electrons. The number of methoxy groups -OCH3 is 2. The van der Waals surface area contributed by atoms with Gasteiger partial charge in [0.2, 0.25) is 0 Å². The molecule has 2 aromatic carbocycles. The summed E-state index contributed by atoms with van der Waals surface area (Å²) in [7, 11) is 3.37. The van der Waals surface area contributed by atoms with Gasteiger partial charge in [-0.3, -0.25) is 0 Å². The van der Waals surface area contributed by atoms with Crippen molar-refractivity contribution >= 4 is 0 Å². The minimum absolute atomic E-state index is 0.644. The first-order valence-corrected chi connectivity index (χ1v) is 10.9. The summed E-state index contributed by atoms with van der Waals surface area (Å²) in [6.07, 6.45) is 0. The molecule has 6 nitrogen and oxygen atoms in total. The summed E-state index contributed by atoms with van der Waals surface area (Å²) in [5.74, 6) is 3.28. The first-order chi connectivity index (χ1) is 14.7. The fourth-order valence-electron chi connectivity index (χ4n) is 4.09. The monoisotopic (exact) mass is 416 g/mol. The van der Waals surface area contributed by atoms with Crippen LogP contribution >= 0.6 is 0 Å². The van der Waals surface area contributed by atoms with Gasteiger partial charge in [0.05, 0.1) is 27.4 Å². The molecule has 0 spiro atoms. The molecule has 0 amide bonds. The maximum atomic E-state index is 5.73. The van der Waals surface area contributed by atoms with E-state index in [1.54, 1.807) is 24.0 Å². The third-order valence-corrected chi connectivity index (χ3v) is 5.63. The summed E-state index contributed by atoms with van der Waals surface area (Å²) in [5.41, 5.74) is 2.60. The highest BCUT2D eigenvalue weighted by Crippen LogP contribution is 2.28. The largest absolute Gasteiger partial charge is 0.493 e. The Morgan fingerprint density at radius 2 is 1.03 bits per heavy atom. The van der Waals surface area contributed by atoms with Crippen molar-refractivity contribution < 1.29 is 28.7 Å². The molecule has 2 N–H and O–H groups in total. The Bertz CT molecular complexity index is 736. The highest BCUT2D eigenvalue weighted by Gasteiger charge is 2.24. The van der Waals surface area contributed by atoms with Crippen LogP contribution in [0.15, 0.2) is 36.4 Å². The van der Waals surface area contributed by atoms with Gasteiger partial charge in [-0.25, -0.2) is 0 Å². The van der Waals surface area contributed by atoms with Crippen LogP contribution in [-0.4, -0.2) is 53.6 Å². The topological polar surface area (TPSA) is 45.8 Å². The van der Waals surface area contributed by atoms with Gasteiger partial charge < -0.3 is 28.7 Å². The smallest absolute Gasteiger partial charge is 0.161 e. The van der Waals surface area contributed by atoms with Crippen LogP contribution in [-0.2, 0) is 13.1 Å². The van der Waals surface area contributed by atoms with Crippen LogP contribution in [0.2, 0.25) is 0 Å². The lowest BCUT2D eigenvalue weighted by Gasteiger charge is -2.30. The zero-order valence-electron chi connectivity index (χ0n) is 18.8. The van der Waals surface area contributed by atoms with Crippen LogP contribution in [0, 0.1) is 0 Å². The highest BCUT2D eigenvalue weighted by molar-refractivity contribution is 5.43. The number of nitrogens with one attached hydrogen (secondary N) is 2. The number of hydrogen-bond donors (Lipinski definition) is 2. The van der Waals surface area contributed by atoms with Crippen molar-refractivity contribution in [1.82, 2.24) is 0 Å². The Labute approximate surface area is 180 Å². The number of benzene rings is 2. The van der Waals surface area contributed by atoms with Crippen molar-refractivity contribution in [1.29, 1.82) is 0 Å². The van der Waals surface area contributed by atoms with E-state index in [9.17, 15) is 0 Å². The Kier molecular flexibility index (Phi) is 8.22. The molecule has 0 atom stereocenters. The van der Waals surface area contributed by atoms with E-state index in [-0.39, 0.29) is 0 Å². The van der Waals surface area contributed by atoms with E-state index in [4.69, 9.17) is 18.9 Å². The van der Waals surface area contributed by atoms with Gasteiger partial charge >= 0.3 is 0 Å². The van der Waals surface area contributed by atoms with Crippen molar-refractivity contribution in [3.05, 3.63) is 47.5 Å². The Morgan fingerprint density at radius 1 is 0.633 bits per heavy atom. The summed E-state index contributed by atoms with van der Waals surface area (Å²) in [5, 5.41) is 0. The molecule has 1 aliphatic rings. The highest BCUT2D eigenvalue weighted by atomic mass is 16.5. The molecular formula is C24H36N2O4+2. The predicted molar refractivity (Wildman–Crippen MR) is 117 cm³/mol. The second-order valence-corrected chi connectivity index (χ2v) is 7.69. The molecule has 0 aliphatic carbocycles. The van der Waals surface area contributed by atoms with Crippen LogP contribution in [0.4, 0.5) is 0 Å². The molecule has 1 fully saturated rings. The third-order valence-electron chi connectivity index (χ3n) is 5.63. The molecule has 2 aromatic rings. The summed E-state index contributed by atoms with van der Waals surface area (Å²) in [4.78, 5) is 3.24. The standard InChI is InChI=1S/C24H34N2O4/c1-5-29-23-15-19(7-9-21(23)27-3)17-25-11-13-26(14-12-25)18-20-8-10-22(28-4)24(16-20)30-6-2/h7-10,15-16H,5-6,11-14,17-18H2,1-4H3/p+2. The number of quaternary nitrogens is 2. The van der Waals surface area contributed by atoms with Crippen LogP contribution in [0.1, 0.15) is 25.0 Å². The molecule has 1 aliphatic heterocycles. The summed E-state index contributed by atoms with van der Waals surface area (Å²) in [6.45, 7) is 12.0. The van der Waals surface area contributed by atoms with E-state index < -0.39 is 0 Å². The number of hydrogen-bond acceptors (Lipinski definition) is 4. The number of rotatable bonds is 10. The summed E-state index contributed by atoms with van der Waals surface area (Å²) < 4.78 is 22.3. The van der Waals surface area contributed by atoms with E-state index >= 15 is 0 Å². The fourth-order valence-corrected chi connectivity index (χ4v) is 4.09. The molecule has 30 heavy (non-hydrogen) atoms. The maximum absolute atomic E-state index is 5.73. The van der Waals surface area contributed by atoms with Crippen LogP contribution in [0.25, 0.3) is 0 Å². The van der Waals surface area contributed by atoms with Crippen molar-refractivity contribution in [3.8, 4) is 23.0 Å². The van der Waals surface area contributed by atoms with Crippen molar-refractivity contribution in [2.75, 3.05) is 53.6 Å². The Hall–Kier alpha value is -2.44. The molecule has 0 radical (unpaired) electrons. The molecule has 6 heteroatoms. The van der Waals surface area contributed by atoms with Gasteiger partial charge in [0.1, 0.15) is 39.3 Å². The molecule has 0 unspecified atom stereocenters. The van der Waals surface area contributed by atoms with Crippen molar-refractivity contribution in [3.63, 3.8) is 0 Å². The van der Waals surface area contributed by atoms with Crippen LogP contribution in [0.5, 0.6) is 23.0 Å². The van der Waals surface area contributed by atoms with Crippen molar-refractivity contribution in [2.45, 2.75) is 26.9 Å². The van der Waals surface area contributed by atoms with Crippen LogP contribution < -0.4 is 28.7 Å². The predicted octanol–water partition coefficient (Wildman–Crippen LogP) is 0.985. The summed E-state index contributed by atoms with van der Waals surface area (Å²) in [6, 6.07) is 12.6. The van der Waals surface area contributed by atoms with E-state index in [1.807, 2.05) is 26.0 Å². The molecular weight excluding hydrogens is 380 g/mol. The van der Waals surface area contributed by atoms with Gasteiger partial charge in [0.25, 0.3) is 0 Å². The quantitative estimate of drug-likeness (QED) is 0.606. The lowest BCUT2D eigenvalue weighted by Crippen LogP contribution is -3.27. The Morgan fingerprint density at radius 3 is 1.37 bits per heavy atom. The van der Waals surface area contributed by atoms with Gasteiger partial charge in [0, 0.05) is 11.1 Å². The van der Waals surface area contributed by atoms with E-state index in [0.29, 0.717) is 13.2 Å². The van der Waals surface area contributed by atoms with Crippen molar-refractivity contribution in [2.24, 2.45) is 0 Å². The van der Waals surface area contributed by atoms with E-state index in [2.05, 4.69) is 24.3 Å². The van der Waals surface area contributed by atoms with Gasteiger partial charge in [0.15, 0.2) is 23.0 Å². The average Bonchev–Trinajstić information content (AvgIpc) is 2.76. The molecule has 0 aromatic heterocycles. The van der Waals surface area contributed by atoms with E-state index in [1.165, 1.54) is 37.3 Å². The SMILES string of the molecule is CCOc1cc(C[NH+]2CC[NH+](Cc3ccc(OC)c(OCC)c3)CC2)ccc1OC. The Balaban J connectivity index is 1.54. The maximum Gasteiger partial charge on any atom is 0.161 e. The lowest BCUT2D eigenvalue weighted by molar-refractivity contribution is -1.02. The molecule has 1 heterocycles. The third kappa shape index (κ3) is 5.80. The second kappa shape index (κ2) is 11.1. The molecule has 0 bridgehead atoms.